The fourth-order valence-electron chi connectivity index (χ4n) is 4.42. The number of halogens is 1. The molecule has 1 fully saturated rings. The number of fused-ring (bicyclic) bond motifs is 2. The maximum atomic E-state index is 13.0. The van der Waals surface area contributed by atoms with Crippen molar-refractivity contribution in [1.82, 2.24) is 29.5 Å². The van der Waals surface area contributed by atoms with E-state index in [0.717, 1.165) is 48.6 Å². The van der Waals surface area contributed by atoms with Gasteiger partial charge in [0.1, 0.15) is 11.5 Å². The Morgan fingerprint density at radius 2 is 2.11 bits per heavy atom. The summed E-state index contributed by atoms with van der Waals surface area (Å²) in [7, 11) is 2.16. The average Bonchev–Trinajstić information content (AvgIpc) is 3.30. The Labute approximate surface area is 168 Å². The number of hydrogen-bond acceptors (Lipinski definition) is 4. The minimum absolute atomic E-state index is 0.0134. The highest BCUT2D eigenvalue weighted by atomic mass is 35.5. The molecule has 1 aromatic carbocycles. The Hall–Kier alpha value is -2.38. The topological polar surface area (TPSA) is 70.1 Å². The number of aromatic amines is 1. The van der Waals surface area contributed by atoms with Gasteiger partial charge in [-0.15, -0.1) is 10.2 Å². The van der Waals surface area contributed by atoms with Crippen molar-refractivity contribution in [3.63, 3.8) is 0 Å². The molecule has 7 nitrogen and oxygen atoms in total. The Balaban J connectivity index is 1.36. The highest BCUT2D eigenvalue weighted by Crippen LogP contribution is 2.27. The lowest BCUT2D eigenvalue weighted by Crippen LogP contribution is -2.39. The second-order valence-electron chi connectivity index (χ2n) is 7.87. The molecule has 1 N–H and O–H groups in total. The molecule has 0 saturated carbocycles. The van der Waals surface area contributed by atoms with Crippen molar-refractivity contribution in [2.24, 2.45) is 0 Å². The van der Waals surface area contributed by atoms with Crippen LogP contribution in [0.15, 0.2) is 24.3 Å². The van der Waals surface area contributed by atoms with Crippen LogP contribution in [0, 0.1) is 0 Å². The summed E-state index contributed by atoms with van der Waals surface area (Å²) < 4.78 is 2.22. The summed E-state index contributed by atoms with van der Waals surface area (Å²) in [6.07, 6.45) is 2.35. The number of amides is 1. The standard InChI is InChI=1S/C20H23ClN6O/c1-25-6-2-3-14(11-25)19-24-23-18-12-26(7-8-27(18)19)20(28)17-9-13-4-5-15(21)10-16(13)22-17/h4-5,9-10,14,22H,2-3,6-8,11-12H2,1H3/t14-/m1/s1. The summed E-state index contributed by atoms with van der Waals surface area (Å²) in [4.78, 5) is 20.4. The van der Waals surface area contributed by atoms with Gasteiger partial charge in [0.15, 0.2) is 5.82 Å². The van der Waals surface area contributed by atoms with Crippen molar-refractivity contribution in [2.75, 3.05) is 26.7 Å². The summed E-state index contributed by atoms with van der Waals surface area (Å²) in [5, 5.41) is 10.5. The third-order valence-electron chi connectivity index (χ3n) is 5.87. The average molecular weight is 399 g/mol. The van der Waals surface area contributed by atoms with Crippen LogP contribution < -0.4 is 0 Å². The molecule has 0 radical (unpaired) electrons. The van der Waals surface area contributed by atoms with E-state index in [1.165, 1.54) is 6.42 Å². The molecule has 8 heteroatoms. The quantitative estimate of drug-likeness (QED) is 0.720. The smallest absolute Gasteiger partial charge is 0.270 e. The minimum atomic E-state index is -0.0134. The van der Waals surface area contributed by atoms with Crippen molar-refractivity contribution in [3.05, 3.63) is 46.6 Å². The first-order valence-corrected chi connectivity index (χ1v) is 10.1. The lowest BCUT2D eigenvalue weighted by Gasteiger charge is -2.31. The molecular weight excluding hydrogens is 376 g/mol. The molecule has 1 amide bonds. The van der Waals surface area contributed by atoms with Gasteiger partial charge in [-0.3, -0.25) is 4.79 Å². The van der Waals surface area contributed by atoms with Gasteiger partial charge in [-0.05, 0) is 44.6 Å². The highest BCUT2D eigenvalue weighted by Gasteiger charge is 2.30. The van der Waals surface area contributed by atoms with Gasteiger partial charge in [0.05, 0.1) is 6.54 Å². The van der Waals surface area contributed by atoms with E-state index in [4.69, 9.17) is 11.6 Å². The van der Waals surface area contributed by atoms with E-state index >= 15 is 0 Å². The lowest BCUT2D eigenvalue weighted by molar-refractivity contribution is 0.0700. The van der Waals surface area contributed by atoms with Crippen LogP contribution in [0.2, 0.25) is 5.02 Å². The molecule has 1 atom stereocenters. The number of carbonyl (C=O) groups excluding carboxylic acids is 1. The van der Waals surface area contributed by atoms with Crippen LogP contribution in [0.25, 0.3) is 10.9 Å². The Morgan fingerprint density at radius 3 is 2.96 bits per heavy atom. The maximum Gasteiger partial charge on any atom is 0.270 e. The number of benzene rings is 1. The fraction of sp³-hybridized carbons (Fsp3) is 0.450. The number of H-pyrrole nitrogens is 1. The van der Waals surface area contributed by atoms with Crippen LogP contribution in [0.3, 0.4) is 0 Å². The molecule has 5 rings (SSSR count). The highest BCUT2D eigenvalue weighted by molar-refractivity contribution is 6.31. The van der Waals surface area contributed by atoms with E-state index in [9.17, 15) is 4.79 Å². The largest absolute Gasteiger partial charge is 0.350 e. The lowest BCUT2D eigenvalue weighted by atomic mass is 9.97. The molecule has 0 unspecified atom stereocenters. The third-order valence-corrected chi connectivity index (χ3v) is 6.11. The Morgan fingerprint density at radius 1 is 1.21 bits per heavy atom. The normalized spacial score (nSPS) is 20.5. The van der Waals surface area contributed by atoms with Crippen molar-refractivity contribution in [2.45, 2.75) is 31.8 Å². The maximum absolute atomic E-state index is 13.0. The van der Waals surface area contributed by atoms with E-state index in [-0.39, 0.29) is 5.91 Å². The van der Waals surface area contributed by atoms with Crippen LogP contribution in [0.4, 0.5) is 0 Å². The molecule has 0 aliphatic carbocycles. The molecule has 2 aliphatic heterocycles. The number of aromatic nitrogens is 4. The summed E-state index contributed by atoms with van der Waals surface area (Å²) in [6, 6.07) is 7.48. The first-order valence-electron chi connectivity index (χ1n) is 9.76. The predicted molar refractivity (Wildman–Crippen MR) is 108 cm³/mol. The number of piperidine rings is 1. The van der Waals surface area contributed by atoms with Crippen molar-refractivity contribution >= 4 is 28.4 Å². The monoisotopic (exact) mass is 398 g/mol. The van der Waals surface area contributed by atoms with Gasteiger partial charge in [0, 0.05) is 41.5 Å². The second-order valence-corrected chi connectivity index (χ2v) is 8.31. The zero-order chi connectivity index (χ0) is 19.3. The van der Waals surface area contributed by atoms with Gasteiger partial charge < -0.3 is 19.4 Å². The first kappa shape index (κ1) is 17.7. The third kappa shape index (κ3) is 3.08. The molecule has 28 heavy (non-hydrogen) atoms. The number of nitrogens with one attached hydrogen (secondary N) is 1. The predicted octanol–water partition coefficient (Wildman–Crippen LogP) is 2.88. The van der Waals surface area contributed by atoms with Crippen LogP contribution in [0.1, 0.15) is 40.9 Å². The molecule has 2 aliphatic rings. The summed E-state index contributed by atoms with van der Waals surface area (Å²) in [5.41, 5.74) is 1.46. The number of carbonyl (C=O) groups is 1. The van der Waals surface area contributed by atoms with Crippen molar-refractivity contribution < 1.29 is 4.79 Å². The number of likely N-dealkylation sites (N-methyl/N-ethyl adjacent to an activating group) is 1. The van der Waals surface area contributed by atoms with Crippen molar-refractivity contribution in [3.8, 4) is 0 Å². The van der Waals surface area contributed by atoms with Crippen LogP contribution >= 0.6 is 11.6 Å². The van der Waals surface area contributed by atoms with E-state index in [2.05, 4.69) is 31.7 Å². The summed E-state index contributed by atoms with van der Waals surface area (Å²) in [6.45, 7) is 4.07. The van der Waals surface area contributed by atoms with E-state index in [1.807, 2.05) is 29.2 Å². The molecule has 0 bridgehead atoms. The minimum Gasteiger partial charge on any atom is -0.350 e. The molecule has 3 aromatic rings. The second kappa shape index (κ2) is 6.90. The first-order chi connectivity index (χ1) is 13.6. The van der Waals surface area contributed by atoms with Crippen molar-refractivity contribution in [1.29, 1.82) is 0 Å². The number of rotatable bonds is 2. The zero-order valence-electron chi connectivity index (χ0n) is 15.9. The molecular formula is C20H23ClN6O. The summed E-state index contributed by atoms with van der Waals surface area (Å²) in [5.74, 6) is 2.37. The van der Waals surface area contributed by atoms with E-state index in [1.54, 1.807) is 0 Å². The number of nitrogens with zero attached hydrogens (tertiary/aromatic N) is 5. The molecule has 1 saturated heterocycles. The van der Waals surface area contributed by atoms with Gasteiger partial charge in [0.25, 0.3) is 5.91 Å². The molecule has 0 spiro atoms. The van der Waals surface area contributed by atoms with Gasteiger partial charge in [0.2, 0.25) is 0 Å². The number of hydrogen-bond donors (Lipinski definition) is 1. The van der Waals surface area contributed by atoms with Gasteiger partial charge in [-0.1, -0.05) is 17.7 Å². The zero-order valence-corrected chi connectivity index (χ0v) is 16.6. The van der Waals surface area contributed by atoms with Crippen LogP contribution in [0.5, 0.6) is 0 Å². The van der Waals surface area contributed by atoms with Crippen LogP contribution in [-0.2, 0) is 13.1 Å². The van der Waals surface area contributed by atoms with Gasteiger partial charge >= 0.3 is 0 Å². The Bertz CT molecular complexity index is 1040. The van der Waals surface area contributed by atoms with Gasteiger partial charge in [-0.2, -0.15) is 0 Å². The fourth-order valence-corrected chi connectivity index (χ4v) is 4.59. The molecule has 146 valence electrons. The van der Waals surface area contributed by atoms with E-state index < -0.39 is 0 Å². The van der Waals surface area contributed by atoms with E-state index in [0.29, 0.717) is 29.7 Å². The molecule has 4 heterocycles. The Kier molecular flexibility index (Phi) is 4.36. The van der Waals surface area contributed by atoms with Crippen LogP contribution in [-0.4, -0.2) is 62.1 Å². The van der Waals surface area contributed by atoms with Gasteiger partial charge in [-0.25, -0.2) is 0 Å². The summed E-state index contributed by atoms with van der Waals surface area (Å²) >= 11 is 6.05. The molecule has 2 aromatic heterocycles. The number of likely N-dealkylation sites (tertiary alicyclic amines) is 1. The SMILES string of the molecule is CN1CCC[C@@H](c2nnc3n2CCN(C(=O)c2cc4ccc(Cl)cc4[nH]2)C3)C1.